The van der Waals surface area contributed by atoms with Crippen molar-refractivity contribution in [2.24, 2.45) is 0 Å². The van der Waals surface area contributed by atoms with Crippen LogP contribution in [0.25, 0.3) is 6.08 Å². The zero-order valence-electron chi connectivity index (χ0n) is 20.1. The molecule has 1 amide bonds. The summed E-state index contributed by atoms with van der Waals surface area (Å²) in [6, 6.07) is 14.3. The van der Waals surface area contributed by atoms with Crippen molar-refractivity contribution < 1.29 is 27.4 Å². The fourth-order valence-electron chi connectivity index (χ4n) is 2.99. The summed E-state index contributed by atoms with van der Waals surface area (Å²) in [6.07, 6.45) is 4.91. The Morgan fingerprint density at radius 1 is 1.16 bits per heavy atom. The molecule has 0 bridgehead atoms. The highest BCUT2D eigenvalue weighted by molar-refractivity contribution is 7.90. The monoisotopic (exact) mass is 540 g/mol. The molecule has 12 heteroatoms. The minimum absolute atomic E-state index is 0.0251. The molecule has 3 aromatic rings. The average Bonchev–Trinajstić information content (AvgIpc) is 3.36. The van der Waals surface area contributed by atoms with Gasteiger partial charge < -0.3 is 14.2 Å². The summed E-state index contributed by atoms with van der Waals surface area (Å²) >= 11 is 0.707. The predicted molar refractivity (Wildman–Crippen MR) is 140 cm³/mol. The molecule has 0 unspecified atom stereocenters. The second kappa shape index (κ2) is 12.7. The largest absolute Gasteiger partial charge is 0.493 e. The number of sulfone groups is 1. The lowest BCUT2D eigenvalue weighted by Gasteiger charge is -2.12. The van der Waals surface area contributed by atoms with E-state index in [2.05, 4.69) is 21.3 Å². The summed E-state index contributed by atoms with van der Waals surface area (Å²) in [5.41, 5.74) is 1.47. The third-order valence-corrected chi connectivity index (χ3v) is 6.33. The van der Waals surface area contributed by atoms with Crippen LogP contribution in [0.3, 0.4) is 0 Å². The van der Waals surface area contributed by atoms with Crippen LogP contribution in [0.2, 0.25) is 0 Å². The van der Waals surface area contributed by atoms with Crippen molar-refractivity contribution in [3.8, 4) is 23.3 Å². The second-order valence-corrected chi connectivity index (χ2v) is 10.2. The highest BCUT2D eigenvalue weighted by Gasteiger charge is 2.17. The highest BCUT2D eigenvalue weighted by Crippen LogP contribution is 2.28. The van der Waals surface area contributed by atoms with Crippen LogP contribution in [0, 0.1) is 11.3 Å². The number of carbonyl (C=O) groups excluding carboxylic acids is 1. The van der Waals surface area contributed by atoms with Crippen LogP contribution >= 0.6 is 11.5 Å². The Labute approximate surface area is 218 Å². The number of ether oxygens (including phenoxy) is 3. The zero-order chi connectivity index (χ0) is 26.8. The van der Waals surface area contributed by atoms with Crippen molar-refractivity contribution in [2.45, 2.75) is 11.6 Å². The van der Waals surface area contributed by atoms with Crippen LogP contribution in [0.4, 0.5) is 5.13 Å². The van der Waals surface area contributed by atoms with Crippen molar-refractivity contribution >= 4 is 38.5 Å². The van der Waals surface area contributed by atoms with Gasteiger partial charge in [0.2, 0.25) is 15.0 Å². The van der Waals surface area contributed by atoms with Crippen molar-refractivity contribution in [3.63, 3.8) is 0 Å². The summed E-state index contributed by atoms with van der Waals surface area (Å²) in [7, 11) is -2.01. The molecule has 0 aliphatic carbocycles. The minimum Gasteiger partial charge on any atom is -0.493 e. The molecule has 0 saturated heterocycles. The first-order chi connectivity index (χ1) is 17.7. The summed E-state index contributed by atoms with van der Waals surface area (Å²) < 4.78 is 43.5. The maximum absolute atomic E-state index is 12.4. The highest BCUT2D eigenvalue weighted by atomic mass is 32.2. The molecule has 1 heterocycles. The van der Waals surface area contributed by atoms with Crippen LogP contribution in [0.5, 0.6) is 17.2 Å². The molecule has 3 rings (SSSR count). The Kier molecular flexibility index (Phi) is 9.37. The molecular formula is C25H24N4O6S2. The Morgan fingerprint density at radius 2 is 1.89 bits per heavy atom. The van der Waals surface area contributed by atoms with E-state index in [-0.39, 0.29) is 17.3 Å². The molecule has 1 N–H and O–H groups in total. The van der Waals surface area contributed by atoms with E-state index < -0.39 is 20.9 Å². The SMILES string of the molecule is C=CCc1ccc(OCCOc2ccc(C=C(C#N)C(=O)Nc3nc(S(C)(=O)=O)ns3)cc2)c(OC)c1. The Balaban J connectivity index is 1.54. The van der Waals surface area contributed by atoms with Gasteiger partial charge >= 0.3 is 0 Å². The quantitative estimate of drug-likeness (QED) is 0.158. The van der Waals surface area contributed by atoms with Gasteiger partial charge in [-0.3, -0.25) is 10.1 Å². The molecule has 0 atom stereocenters. The molecule has 0 fully saturated rings. The average molecular weight is 541 g/mol. The van der Waals surface area contributed by atoms with Crippen LogP contribution in [0.1, 0.15) is 11.1 Å². The van der Waals surface area contributed by atoms with E-state index >= 15 is 0 Å². The normalized spacial score (nSPS) is 11.3. The topological polar surface area (TPSA) is 140 Å². The van der Waals surface area contributed by atoms with Crippen molar-refractivity contribution in [2.75, 3.05) is 31.9 Å². The molecule has 192 valence electrons. The van der Waals surface area contributed by atoms with Gasteiger partial charge in [0, 0.05) is 17.8 Å². The lowest BCUT2D eigenvalue weighted by atomic mass is 10.1. The number of nitrogens with zero attached hydrogens (tertiary/aromatic N) is 3. The standard InChI is InChI=1S/C25H24N4O6S2/c1-4-5-17-8-11-21(22(15-17)33-2)35-13-12-34-20-9-6-18(7-10-20)14-19(16-26)23(30)27-24-28-25(29-36-24)37(3,31)32/h4,6-11,14-15H,1,5,12-13H2,2-3H3,(H,27,28,29,30). The molecule has 0 radical (unpaired) electrons. The lowest BCUT2D eigenvalue weighted by Crippen LogP contribution is -2.13. The Bertz CT molecular complexity index is 1440. The summed E-state index contributed by atoms with van der Waals surface area (Å²) in [5.74, 6) is 1.10. The number of allylic oxidation sites excluding steroid dienone is 1. The minimum atomic E-state index is -3.60. The predicted octanol–water partition coefficient (Wildman–Crippen LogP) is 3.68. The number of carbonyl (C=O) groups is 1. The first kappa shape index (κ1) is 27.4. The molecule has 10 nitrogen and oxygen atoms in total. The Morgan fingerprint density at radius 3 is 2.51 bits per heavy atom. The van der Waals surface area contributed by atoms with E-state index in [0.717, 1.165) is 18.2 Å². The van der Waals surface area contributed by atoms with E-state index in [9.17, 15) is 18.5 Å². The van der Waals surface area contributed by atoms with E-state index in [0.29, 0.717) is 41.0 Å². The number of methoxy groups -OCH3 is 1. The maximum Gasteiger partial charge on any atom is 0.268 e. The number of hydrogen-bond donors (Lipinski definition) is 1. The molecular weight excluding hydrogens is 516 g/mol. The van der Waals surface area contributed by atoms with Gasteiger partial charge in [-0.1, -0.05) is 24.3 Å². The first-order valence-corrected chi connectivity index (χ1v) is 13.5. The van der Waals surface area contributed by atoms with Gasteiger partial charge in [0.15, 0.2) is 11.5 Å². The molecule has 0 aliphatic heterocycles. The molecule has 1 aromatic heterocycles. The smallest absolute Gasteiger partial charge is 0.268 e. The van der Waals surface area contributed by atoms with Gasteiger partial charge in [-0.15, -0.1) is 6.58 Å². The molecule has 37 heavy (non-hydrogen) atoms. The summed E-state index contributed by atoms with van der Waals surface area (Å²) in [6.45, 7) is 4.32. The third-order valence-electron chi connectivity index (χ3n) is 4.73. The molecule has 2 aromatic carbocycles. The van der Waals surface area contributed by atoms with Crippen molar-refractivity contribution in [3.05, 3.63) is 71.8 Å². The van der Waals surface area contributed by atoms with Gasteiger partial charge in [0.1, 0.15) is 30.6 Å². The van der Waals surface area contributed by atoms with Crippen LogP contribution in [-0.4, -0.2) is 50.3 Å². The second-order valence-electron chi connectivity index (χ2n) is 7.52. The summed E-state index contributed by atoms with van der Waals surface area (Å²) in [5, 5.41) is 11.3. The van der Waals surface area contributed by atoms with Gasteiger partial charge in [0.25, 0.3) is 11.1 Å². The number of anilines is 1. The maximum atomic E-state index is 12.4. The third kappa shape index (κ3) is 7.89. The number of rotatable bonds is 12. The van der Waals surface area contributed by atoms with Gasteiger partial charge in [-0.25, -0.2) is 8.42 Å². The number of aromatic nitrogens is 2. The van der Waals surface area contributed by atoms with Gasteiger partial charge in [-0.2, -0.15) is 14.6 Å². The number of hydrogen-bond acceptors (Lipinski definition) is 10. The zero-order valence-corrected chi connectivity index (χ0v) is 21.8. The molecule has 0 aliphatic rings. The molecule has 0 spiro atoms. The van der Waals surface area contributed by atoms with Crippen LogP contribution in [-0.2, 0) is 21.1 Å². The summed E-state index contributed by atoms with van der Waals surface area (Å²) in [4.78, 5) is 16.1. The number of amides is 1. The van der Waals surface area contributed by atoms with E-state index in [4.69, 9.17) is 14.2 Å². The number of nitriles is 1. The van der Waals surface area contributed by atoms with Crippen molar-refractivity contribution in [1.29, 1.82) is 5.26 Å². The fraction of sp³-hybridized carbons (Fsp3) is 0.200. The lowest BCUT2D eigenvalue weighted by molar-refractivity contribution is -0.112. The number of nitrogens with one attached hydrogen (secondary N) is 1. The van der Waals surface area contributed by atoms with Crippen LogP contribution in [0.15, 0.2) is 65.8 Å². The Hall–Kier alpha value is -4.21. The van der Waals surface area contributed by atoms with E-state index in [1.54, 1.807) is 31.4 Å². The van der Waals surface area contributed by atoms with E-state index in [1.165, 1.54) is 6.08 Å². The van der Waals surface area contributed by atoms with Gasteiger partial charge in [0.05, 0.1) is 7.11 Å². The van der Waals surface area contributed by atoms with E-state index in [1.807, 2.05) is 30.3 Å². The van der Waals surface area contributed by atoms with Gasteiger partial charge in [-0.05, 0) is 47.9 Å². The fourth-order valence-corrected chi connectivity index (χ4v) is 4.43. The molecule has 0 saturated carbocycles. The number of benzene rings is 2. The van der Waals surface area contributed by atoms with Crippen molar-refractivity contribution in [1.82, 2.24) is 9.36 Å². The first-order valence-electron chi connectivity index (χ1n) is 10.8. The van der Waals surface area contributed by atoms with Crippen LogP contribution < -0.4 is 19.5 Å².